The van der Waals surface area contributed by atoms with Gasteiger partial charge >= 0.3 is 0 Å². The predicted octanol–water partition coefficient (Wildman–Crippen LogP) is 3.29. The maximum atomic E-state index is 12.4. The van der Waals surface area contributed by atoms with Crippen molar-refractivity contribution in [3.8, 4) is 0 Å². The summed E-state index contributed by atoms with van der Waals surface area (Å²) in [5.74, 6) is 0.902. The van der Waals surface area contributed by atoms with Gasteiger partial charge in [0.2, 0.25) is 5.91 Å². The van der Waals surface area contributed by atoms with Crippen molar-refractivity contribution in [3.05, 3.63) is 34.9 Å². The standard InChI is InChI=1S/C15H18ClNO/c1-10(11-2-3-11)17-14(18)15(8-9-15)12-4-6-13(16)7-5-12/h4-7,10-11H,2-3,8-9H2,1H3,(H,17,18). The van der Waals surface area contributed by atoms with Gasteiger partial charge in [0.15, 0.2) is 0 Å². The first-order valence-electron chi connectivity index (χ1n) is 6.69. The normalized spacial score (nSPS) is 22.3. The predicted molar refractivity (Wildman–Crippen MR) is 72.7 cm³/mol. The number of rotatable bonds is 4. The molecule has 3 rings (SSSR count). The van der Waals surface area contributed by atoms with E-state index in [0.29, 0.717) is 12.0 Å². The molecular formula is C15H18ClNO. The lowest BCUT2D eigenvalue weighted by Gasteiger charge is -2.19. The summed E-state index contributed by atoms with van der Waals surface area (Å²) in [6.45, 7) is 2.12. The van der Waals surface area contributed by atoms with Crippen LogP contribution in [0.5, 0.6) is 0 Å². The average molecular weight is 264 g/mol. The summed E-state index contributed by atoms with van der Waals surface area (Å²) in [4.78, 5) is 12.4. The Morgan fingerprint density at radius 3 is 2.44 bits per heavy atom. The Balaban J connectivity index is 1.73. The lowest BCUT2D eigenvalue weighted by atomic mass is 9.94. The first-order valence-corrected chi connectivity index (χ1v) is 7.07. The molecule has 0 heterocycles. The summed E-state index contributed by atoms with van der Waals surface area (Å²) in [5.41, 5.74) is 0.834. The Hall–Kier alpha value is -1.02. The Labute approximate surface area is 113 Å². The molecule has 2 fully saturated rings. The van der Waals surface area contributed by atoms with E-state index in [1.807, 2.05) is 24.3 Å². The molecule has 1 aromatic carbocycles. The molecule has 0 bridgehead atoms. The Bertz CT molecular complexity index is 460. The van der Waals surface area contributed by atoms with Crippen molar-refractivity contribution < 1.29 is 4.79 Å². The third kappa shape index (κ3) is 2.14. The van der Waals surface area contributed by atoms with Gasteiger partial charge in [0, 0.05) is 11.1 Å². The van der Waals surface area contributed by atoms with E-state index < -0.39 is 0 Å². The van der Waals surface area contributed by atoms with E-state index in [0.717, 1.165) is 23.4 Å². The van der Waals surface area contributed by atoms with Gasteiger partial charge in [-0.2, -0.15) is 0 Å². The molecule has 1 aromatic rings. The van der Waals surface area contributed by atoms with Crippen molar-refractivity contribution in [2.24, 2.45) is 5.92 Å². The molecule has 1 atom stereocenters. The number of hydrogen-bond acceptors (Lipinski definition) is 1. The van der Waals surface area contributed by atoms with E-state index in [9.17, 15) is 4.79 Å². The Morgan fingerprint density at radius 2 is 1.94 bits per heavy atom. The fourth-order valence-corrected chi connectivity index (χ4v) is 2.73. The fourth-order valence-electron chi connectivity index (χ4n) is 2.60. The largest absolute Gasteiger partial charge is 0.353 e. The molecular weight excluding hydrogens is 246 g/mol. The van der Waals surface area contributed by atoms with Gasteiger partial charge in [0.1, 0.15) is 0 Å². The van der Waals surface area contributed by atoms with Gasteiger partial charge in [0.25, 0.3) is 0 Å². The van der Waals surface area contributed by atoms with Crippen LogP contribution in [0.1, 0.15) is 38.2 Å². The lowest BCUT2D eigenvalue weighted by molar-refractivity contribution is -0.124. The second-order valence-corrected chi connectivity index (χ2v) is 6.13. The van der Waals surface area contributed by atoms with Crippen LogP contribution in [0.2, 0.25) is 5.02 Å². The van der Waals surface area contributed by atoms with Crippen LogP contribution < -0.4 is 5.32 Å². The smallest absolute Gasteiger partial charge is 0.230 e. The Morgan fingerprint density at radius 1 is 1.33 bits per heavy atom. The highest BCUT2D eigenvalue weighted by molar-refractivity contribution is 6.30. The summed E-state index contributed by atoms with van der Waals surface area (Å²) in [5, 5.41) is 3.91. The van der Waals surface area contributed by atoms with Gasteiger partial charge in [-0.15, -0.1) is 0 Å². The summed E-state index contributed by atoms with van der Waals surface area (Å²) in [6.07, 6.45) is 4.43. The minimum Gasteiger partial charge on any atom is -0.353 e. The van der Waals surface area contributed by atoms with Crippen LogP contribution in [-0.2, 0) is 10.2 Å². The van der Waals surface area contributed by atoms with E-state index >= 15 is 0 Å². The quantitative estimate of drug-likeness (QED) is 0.887. The number of halogens is 1. The van der Waals surface area contributed by atoms with Crippen LogP contribution in [0.25, 0.3) is 0 Å². The zero-order valence-corrected chi connectivity index (χ0v) is 11.3. The van der Waals surface area contributed by atoms with Crippen molar-refractivity contribution in [1.82, 2.24) is 5.32 Å². The number of amides is 1. The fraction of sp³-hybridized carbons (Fsp3) is 0.533. The van der Waals surface area contributed by atoms with Crippen molar-refractivity contribution >= 4 is 17.5 Å². The van der Waals surface area contributed by atoms with Crippen LogP contribution in [0.4, 0.5) is 0 Å². The summed E-state index contributed by atoms with van der Waals surface area (Å²) >= 11 is 5.90. The van der Waals surface area contributed by atoms with Crippen molar-refractivity contribution in [2.45, 2.75) is 44.1 Å². The third-order valence-corrected chi connectivity index (χ3v) is 4.52. The molecule has 2 aliphatic carbocycles. The Kier molecular flexibility index (Phi) is 2.86. The first kappa shape index (κ1) is 12.0. The minimum atomic E-state index is -0.270. The number of benzene rings is 1. The topological polar surface area (TPSA) is 29.1 Å². The highest BCUT2D eigenvalue weighted by Crippen LogP contribution is 2.49. The number of nitrogens with one attached hydrogen (secondary N) is 1. The highest BCUT2D eigenvalue weighted by Gasteiger charge is 2.51. The van der Waals surface area contributed by atoms with Crippen molar-refractivity contribution in [2.75, 3.05) is 0 Å². The molecule has 0 spiro atoms. The lowest BCUT2D eigenvalue weighted by Crippen LogP contribution is -2.41. The van der Waals surface area contributed by atoms with E-state index in [2.05, 4.69) is 12.2 Å². The maximum Gasteiger partial charge on any atom is 0.230 e. The molecule has 2 aliphatic rings. The maximum absolute atomic E-state index is 12.4. The second kappa shape index (κ2) is 4.27. The van der Waals surface area contributed by atoms with Gasteiger partial charge < -0.3 is 5.32 Å². The molecule has 0 aromatic heterocycles. The van der Waals surface area contributed by atoms with E-state index in [1.165, 1.54) is 12.8 Å². The van der Waals surface area contributed by atoms with E-state index in [4.69, 9.17) is 11.6 Å². The molecule has 1 N–H and O–H groups in total. The molecule has 3 heteroatoms. The van der Waals surface area contributed by atoms with Crippen molar-refractivity contribution in [1.29, 1.82) is 0 Å². The summed E-state index contributed by atoms with van der Waals surface area (Å²) < 4.78 is 0. The molecule has 2 saturated carbocycles. The summed E-state index contributed by atoms with van der Waals surface area (Å²) in [6, 6.07) is 8.03. The zero-order chi connectivity index (χ0) is 12.8. The summed E-state index contributed by atoms with van der Waals surface area (Å²) in [7, 11) is 0. The molecule has 18 heavy (non-hydrogen) atoms. The SMILES string of the molecule is CC(NC(=O)C1(c2ccc(Cl)cc2)CC1)C1CC1. The number of carbonyl (C=O) groups excluding carboxylic acids is 1. The molecule has 1 unspecified atom stereocenters. The van der Waals surface area contributed by atoms with Crippen molar-refractivity contribution in [3.63, 3.8) is 0 Å². The molecule has 0 aliphatic heterocycles. The molecule has 96 valence electrons. The van der Waals surface area contributed by atoms with E-state index in [-0.39, 0.29) is 11.3 Å². The molecule has 2 nitrogen and oxygen atoms in total. The van der Waals surface area contributed by atoms with Crippen LogP contribution >= 0.6 is 11.6 Å². The van der Waals surface area contributed by atoms with Crippen LogP contribution in [-0.4, -0.2) is 11.9 Å². The zero-order valence-electron chi connectivity index (χ0n) is 10.6. The van der Waals surface area contributed by atoms with Gasteiger partial charge in [-0.1, -0.05) is 23.7 Å². The molecule has 1 amide bonds. The number of hydrogen-bond donors (Lipinski definition) is 1. The van der Waals surface area contributed by atoms with Crippen LogP contribution in [0, 0.1) is 5.92 Å². The van der Waals surface area contributed by atoms with Gasteiger partial charge in [-0.3, -0.25) is 4.79 Å². The monoisotopic (exact) mass is 263 g/mol. The van der Waals surface area contributed by atoms with Crippen LogP contribution in [0.3, 0.4) is 0 Å². The number of carbonyl (C=O) groups is 1. The van der Waals surface area contributed by atoms with Gasteiger partial charge in [-0.05, 0) is 56.2 Å². The minimum absolute atomic E-state index is 0.198. The van der Waals surface area contributed by atoms with E-state index in [1.54, 1.807) is 0 Å². The van der Waals surface area contributed by atoms with Gasteiger partial charge in [-0.25, -0.2) is 0 Å². The molecule has 0 radical (unpaired) electrons. The molecule has 0 saturated heterocycles. The average Bonchev–Trinajstić information content (AvgIpc) is 3.22. The first-order chi connectivity index (χ1) is 8.62. The van der Waals surface area contributed by atoms with Crippen LogP contribution in [0.15, 0.2) is 24.3 Å². The van der Waals surface area contributed by atoms with Gasteiger partial charge in [0.05, 0.1) is 5.41 Å². The second-order valence-electron chi connectivity index (χ2n) is 5.69. The highest BCUT2D eigenvalue weighted by atomic mass is 35.5. The third-order valence-electron chi connectivity index (χ3n) is 4.27.